The number of hydrogen-bond acceptors (Lipinski definition) is 3. The fourth-order valence-corrected chi connectivity index (χ4v) is 3.42. The Balaban J connectivity index is 1.52. The van der Waals surface area contributed by atoms with Crippen molar-refractivity contribution in [1.29, 1.82) is 0 Å². The second kappa shape index (κ2) is 8.92. The summed E-state index contributed by atoms with van der Waals surface area (Å²) in [5.41, 5.74) is 3.21. The number of carbonyl (C=O) groups is 1. The van der Waals surface area contributed by atoms with Crippen molar-refractivity contribution in [3.63, 3.8) is 0 Å². The Bertz CT molecular complexity index is 745. The Kier molecular flexibility index (Phi) is 6.36. The third-order valence-electron chi connectivity index (χ3n) is 4.61. The summed E-state index contributed by atoms with van der Waals surface area (Å²) >= 11 is 6.27. The van der Waals surface area contributed by atoms with Crippen LogP contribution in [-0.2, 0) is 17.9 Å². The van der Waals surface area contributed by atoms with E-state index in [1.807, 2.05) is 53.4 Å². The van der Waals surface area contributed by atoms with Gasteiger partial charge < -0.3 is 19.9 Å². The van der Waals surface area contributed by atoms with Gasteiger partial charge in [-0.15, -0.1) is 0 Å². The highest BCUT2D eigenvalue weighted by molar-refractivity contribution is 6.33. The van der Waals surface area contributed by atoms with Gasteiger partial charge in [-0.1, -0.05) is 48.0 Å². The third-order valence-corrected chi connectivity index (χ3v) is 4.93. The zero-order valence-corrected chi connectivity index (χ0v) is 15.7. The second-order valence-corrected chi connectivity index (χ2v) is 6.69. The highest BCUT2D eigenvalue weighted by atomic mass is 35.5. The molecule has 1 N–H and O–H groups in total. The average molecular weight is 374 g/mol. The number of ether oxygens (including phenoxy) is 1. The molecule has 26 heavy (non-hydrogen) atoms. The molecule has 0 aromatic heterocycles. The number of halogens is 1. The molecule has 2 aromatic rings. The molecule has 2 aromatic carbocycles. The molecule has 2 amide bonds. The van der Waals surface area contributed by atoms with Gasteiger partial charge in [0.25, 0.3) is 0 Å². The summed E-state index contributed by atoms with van der Waals surface area (Å²) in [6.07, 6.45) is 0. The number of hydrogen-bond donors (Lipinski definition) is 1. The number of piperazine rings is 1. The van der Waals surface area contributed by atoms with Crippen LogP contribution in [0.25, 0.3) is 0 Å². The summed E-state index contributed by atoms with van der Waals surface area (Å²) < 4.78 is 5.22. The van der Waals surface area contributed by atoms with Crippen LogP contribution in [0.5, 0.6) is 0 Å². The number of nitrogens with one attached hydrogen (secondary N) is 1. The largest absolute Gasteiger partial charge is 0.380 e. The van der Waals surface area contributed by atoms with Crippen molar-refractivity contribution in [2.75, 3.05) is 38.2 Å². The average Bonchev–Trinajstić information content (AvgIpc) is 2.68. The molecule has 0 spiro atoms. The standard InChI is InChI=1S/C20H24ClN3O2/c1-26-15-17-7-3-2-6-16(17)14-22-20(25)24-12-10-23(11-13-24)19-9-5-4-8-18(19)21/h2-9H,10-15H2,1H3,(H,22,25). The van der Waals surface area contributed by atoms with Gasteiger partial charge in [-0.3, -0.25) is 0 Å². The first-order valence-corrected chi connectivity index (χ1v) is 9.15. The minimum atomic E-state index is -0.0315. The first kappa shape index (κ1) is 18.5. The minimum Gasteiger partial charge on any atom is -0.380 e. The van der Waals surface area contributed by atoms with Gasteiger partial charge in [-0.05, 0) is 23.3 Å². The van der Waals surface area contributed by atoms with Gasteiger partial charge in [0, 0.05) is 39.8 Å². The van der Waals surface area contributed by atoms with Gasteiger partial charge in [0.2, 0.25) is 0 Å². The van der Waals surface area contributed by atoms with Crippen LogP contribution in [0.1, 0.15) is 11.1 Å². The number of para-hydroxylation sites is 1. The van der Waals surface area contributed by atoms with Gasteiger partial charge in [-0.25, -0.2) is 4.79 Å². The molecule has 1 heterocycles. The van der Waals surface area contributed by atoms with E-state index in [0.717, 1.165) is 34.9 Å². The number of amides is 2. The summed E-state index contributed by atoms with van der Waals surface area (Å²) in [4.78, 5) is 16.6. The molecule has 6 heteroatoms. The Hall–Kier alpha value is -2.24. The third kappa shape index (κ3) is 4.48. The molecule has 1 fully saturated rings. The van der Waals surface area contributed by atoms with Crippen molar-refractivity contribution in [3.05, 3.63) is 64.7 Å². The number of nitrogens with zero attached hydrogens (tertiary/aromatic N) is 2. The minimum absolute atomic E-state index is 0.0315. The molecule has 0 atom stereocenters. The van der Waals surface area contributed by atoms with Crippen LogP contribution in [0, 0.1) is 0 Å². The maximum absolute atomic E-state index is 12.5. The maximum atomic E-state index is 12.5. The van der Waals surface area contributed by atoms with E-state index < -0.39 is 0 Å². The fourth-order valence-electron chi connectivity index (χ4n) is 3.17. The van der Waals surface area contributed by atoms with Crippen molar-refractivity contribution in [2.45, 2.75) is 13.2 Å². The zero-order valence-electron chi connectivity index (χ0n) is 15.0. The van der Waals surface area contributed by atoms with E-state index in [9.17, 15) is 4.79 Å². The molecule has 1 aliphatic heterocycles. The Morgan fingerprint density at radius 1 is 1.04 bits per heavy atom. The molecule has 1 saturated heterocycles. The quantitative estimate of drug-likeness (QED) is 0.872. The summed E-state index contributed by atoms with van der Waals surface area (Å²) in [7, 11) is 1.67. The number of rotatable bonds is 5. The monoisotopic (exact) mass is 373 g/mol. The molecule has 0 aliphatic carbocycles. The van der Waals surface area contributed by atoms with Crippen molar-refractivity contribution >= 4 is 23.3 Å². The molecule has 138 valence electrons. The number of methoxy groups -OCH3 is 1. The molecule has 0 unspecified atom stereocenters. The van der Waals surface area contributed by atoms with E-state index in [2.05, 4.69) is 10.2 Å². The number of anilines is 1. The van der Waals surface area contributed by atoms with Gasteiger partial charge in [0.05, 0.1) is 17.3 Å². The van der Waals surface area contributed by atoms with Crippen LogP contribution in [-0.4, -0.2) is 44.2 Å². The number of urea groups is 1. The highest BCUT2D eigenvalue weighted by Crippen LogP contribution is 2.26. The predicted octanol–water partition coefficient (Wildman–Crippen LogP) is 3.52. The van der Waals surface area contributed by atoms with Crippen LogP contribution >= 0.6 is 11.6 Å². The van der Waals surface area contributed by atoms with E-state index in [1.165, 1.54) is 0 Å². The van der Waals surface area contributed by atoms with Crippen molar-refractivity contribution < 1.29 is 9.53 Å². The Morgan fingerprint density at radius 3 is 2.38 bits per heavy atom. The topological polar surface area (TPSA) is 44.8 Å². The summed E-state index contributed by atoms with van der Waals surface area (Å²) in [6, 6.07) is 15.8. The molecule has 5 nitrogen and oxygen atoms in total. The predicted molar refractivity (Wildman–Crippen MR) is 105 cm³/mol. The lowest BCUT2D eigenvalue weighted by atomic mass is 10.1. The Morgan fingerprint density at radius 2 is 1.69 bits per heavy atom. The first-order chi connectivity index (χ1) is 12.7. The fraction of sp³-hybridized carbons (Fsp3) is 0.350. The van der Waals surface area contributed by atoms with Crippen molar-refractivity contribution in [1.82, 2.24) is 10.2 Å². The van der Waals surface area contributed by atoms with Gasteiger partial charge >= 0.3 is 6.03 Å². The Labute approximate surface area is 159 Å². The maximum Gasteiger partial charge on any atom is 0.317 e. The molecule has 1 aliphatic rings. The normalized spacial score (nSPS) is 14.4. The van der Waals surface area contributed by atoms with Crippen molar-refractivity contribution in [2.24, 2.45) is 0 Å². The lowest BCUT2D eigenvalue weighted by Gasteiger charge is -2.36. The van der Waals surface area contributed by atoms with Crippen LogP contribution < -0.4 is 10.2 Å². The molecule has 3 rings (SSSR count). The van der Waals surface area contributed by atoms with E-state index >= 15 is 0 Å². The number of benzene rings is 2. The zero-order chi connectivity index (χ0) is 18.4. The lowest BCUT2D eigenvalue weighted by Crippen LogP contribution is -2.51. The van der Waals surface area contributed by atoms with Gasteiger partial charge in [0.1, 0.15) is 0 Å². The molecule has 0 saturated carbocycles. The molecular formula is C20H24ClN3O2. The summed E-state index contributed by atoms with van der Waals surface area (Å²) in [5.74, 6) is 0. The number of carbonyl (C=O) groups excluding carboxylic acids is 1. The summed E-state index contributed by atoms with van der Waals surface area (Å²) in [5, 5.41) is 3.77. The highest BCUT2D eigenvalue weighted by Gasteiger charge is 2.22. The van der Waals surface area contributed by atoms with Crippen LogP contribution in [0.2, 0.25) is 5.02 Å². The van der Waals surface area contributed by atoms with E-state index in [4.69, 9.17) is 16.3 Å². The lowest BCUT2D eigenvalue weighted by molar-refractivity contribution is 0.183. The molecular weight excluding hydrogens is 350 g/mol. The van der Waals surface area contributed by atoms with Crippen LogP contribution in [0.15, 0.2) is 48.5 Å². The SMILES string of the molecule is COCc1ccccc1CNC(=O)N1CCN(c2ccccc2Cl)CC1. The van der Waals surface area contributed by atoms with Crippen LogP contribution in [0.3, 0.4) is 0 Å². The summed E-state index contributed by atoms with van der Waals surface area (Å²) in [6.45, 7) is 3.95. The van der Waals surface area contributed by atoms with Gasteiger partial charge in [-0.2, -0.15) is 0 Å². The van der Waals surface area contributed by atoms with Crippen molar-refractivity contribution in [3.8, 4) is 0 Å². The van der Waals surface area contributed by atoms with Gasteiger partial charge in [0.15, 0.2) is 0 Å². The van der Waals surface area contributed by atoms with E-state index in [1.54, 1.807) is 7.11 Å². The second-order valence-electron chi connectivity index (χ2n) is 6.29. The van der Waals surface area contributed by atoms with Crippen LogP contribution in [0.4, 0.5) is 10.5 Å². The van der Waals surface area contributed by atoms with E-state index in [-0.39, 0.29) is 6.03 Å². The smallest absolute Gasteiger partial charge is 0.317 e. The van der Waals surface area contributed by atoms with E-state index in [0.29, 0.717) is 26.2 Å². The molecule has 0 radical (unpaired) electrons. The first-order valence-electron chi connectivity index (χ1n) is 8.77. The molecule has 0 bridgehead atoms.